The first kappa shape index (κ1) is 19.2. The van der Waals surface area contributed by atoms with Crippen LogP contribution in [0.25, 0.3) is 0 Å². The number of aliphatic hydroxyl groups is 4. The summed E-state index contributed by atoms with van der Waals surface area (Å²) >= 11 is 0. The van der Waals surface area contributed by atoms with Crippen LogP contribution in [0.15, 0.2) is 11.1 Å². The van der Waals surface area contributed by atoms with Gasteiger partial charge in [0, 0.05) is 11.5 Å². The van der Waals surface area contributed by atoms with Crippen LogP contribution in [0.5, 0.6) is 0 Å². The number of fused-ring (bicyclic) bond motifs is 1. The Bertz CT molecular complexity index is 614. The van der Waals surface area contributed by atoms with E-state index in [4.69, 9.17) is 14.2 Å². The highest BCUT2D eigenvalue weighted by Crippen LogP contribution is 2.43. The summed E-state index contributed by atoms with van der Waals surface area (Å²) in [5, 5.41) is 48.3. The molecule has 0 saturated carbocycles. The van der Waals surface area contributed by atoms with Crippen LogP contribution in [0.1, 0.15) is 13.3 Å². The number of esters is 1. The number of rotatable bonds is 4. The van der Waals surface area contributed by atoms with Crippen LogP contribution < -0.4 is 0 Å². The molecule has 0 bridgehead atoms. The van der Waals surface area contributed by atoms with Crippen molar-refractivity contribution in [1.82, 2.24) is 0 Å². The zero-order chi connectivity index (χ0) is 19.2. The molecule has 146 valence electrons. The van der Waals surface area contributed by atoms with Crippen LogP contribution in [0.3, 0.4) is 0 Å². The summed E-state index contributed by atoms with van der Waals surface area (Å²) < 4.78 is 15.9. The molecule has 5 N–H and O–H groups in total. The molecule has 8 unspecified atom stereocenters. The Labute approximate surface area is 148 Å². The summed E-state index contributed by atoms with van der Waals surface area (Å²) in [5.41, 5.74) is 0.723. The van der Waals surface area contributed by atoms with E-state index < -0.39 is 67.2 Å². The average Bonchev–Trinajstić information content (AvgIpc) is 2.92. The number of ether oxygens (including phenoxy) is 3. The van der Waals surface area contributed by atoms with Gasteiger partial charge in [-0.05, 0) is 18.9 Å². The molecule has 0 spiro atoms. The van der Waals surface area contributed by atoms with E-state index >= 15 is 0 Å². The van der Waals surface area contributed by atoms with E-state index in [9.17, 15) is 35.1 Å². The van der Waals surface area contributed by atoms with Crippen molar-refractivity contribution in [2.24, 2.45) is 11.8 Å². The van der Waals surface area contributed by atoms with E-state index in [1.165, 1.54) is 0 Å². The Morgan fingerprint density at radius 1 is 1.23 bits per heavy atom. The lowest BCUT2D eigenvalue weighted by Crippen LogP contribution is -2.59. The van der Waals surface area contributed by atoms with Crippen LogP contribution in [0.2, 0.25) is 0 Å². The van der Waals surface area contributed by atoms with Gasteiger partial charge in [0.2, 0.25) is 0 Å². The molecule has 1 aliphatic carbocycles. The Morgan fingerprint density at radius 3 is 2.54 bits per heavy atom. The van der Waals surface area contributed by atoms with Crippen molar-refractivity contribution in [3.05, 3.63) is 11.1 Å². The van der Waals surface area contributed by atoms with Gasteiger partial charge < -0.3 is 39.7 Å². The normalized spacial score (nSPS) is 43.2. The minimum Gasteiger partial charge on any atom is -0.481 e. The highest BCUT2D eigenvalue weighted by Gasteiger charge is 2.50. The fraction of sp³-hybridized carbons (Fsp3) is 0.750. The second kappa shape index (κ2) is 7.22. The maximum absolute atomic E-state index is 12.0. The summed E-state index contributed by atoms with van der Waals surface area (Å²) in [7, 11) is 0. The number of carboxylic acid groups (broad SMARTS) is 1. The smallest absolute Gasteiger partial charge is 0.334 e. The standard InChI is InChI=1S/C16H22O10/c1-5-8(2-6-7(14(21)22)4-24-15(23)10(5)6)25-16-13(20)12(19)11(18)9(3-17)26-16/h6-9,11-13,16-20H,2-4H2,1H3,(H,21,22). The van der Waals surface area contributed by atoms with Gasteiger partial charge in [0.05, 0.1) is 18.6 Å². The molecule has 3 aliphatic rings. The van der Waals surface area contributed by atoms with Gasteiger partial charge in [-0.15, -0.1) is 0 Å². The predicted molar refractivity (Wildman–Crippen MR) is 81.5 cm³/mol. The third-order valence-electron chi connectivity index (χ3n) is 5.31. The molecule has 2 fully saturated rings. The number of aliphatic carboxylic acids is 1. The Balaban J connectivity index is 1.78. The van der Waals surface area contributed by atoms with Gasteiger partial charge in [-0.25, -0.2) is 4.79 Å². The number of hydrogen-bond donors (Lipinski definition) is 5. The molecule has 26 heavy (non-hydrogen) atoms. The first-order chi connectivity index (χ1) is 12.3. The Hall–Kier alpha value is -1.56. The minimum absolute atomic E-state index is 0.183. The molecule has 2 aliphatic heterocycles. The first-order valence-electron chi connectivity index (χ1n) is 8.32. The van der Waals surface area contributed by atoms with Crippen LogP contribution in [-0.4, -0.2) is 87.5 Å². The lowest BCUT2D eigenvalue weighted by Gasteiger charge is -2.40. The van der Waals surface area contributed by atoms with Crippen molar-refractivity contribution in [3.8, 4) is 0 Å². The van der Waals surface area contributed by atoms with E-state index in [-0.39, 0.29) is 18.6 Å². The van der Waals surface area contributed by atoms with Gasteiger partial charge in [-0.2, -0.15) is 0 Å². The van der Waals surface area contributed by atoms with Crippen molar-refractivity contribution in [2.45, 2.75) is 50.2 Å². The molecule has 2 saturated heterocycles. The maximum atomic E-state index is 12.0. The van der Waals surface area contributed by atoms with Gasteiger partial charge in [0.25, 0.3) is 0 Å². The van der Waals surface area contributed by atoms with E-state index in [1.54, 1.807) is 6.92 Å². The number of cyclic esters (lactones) is 1. The van der Waals surface area contributed by atoms with Crippen LogP contribution in [0.4, 0.5) is 0 Å². The molecule has 0 aromatic heterocycles. The molecule has 0 amide bonds. The van der Waals surface area contributed by atoms with Gasteiger partial charge in [0.1, 0.15) is 31.0 Å². The highest BCUT2D eigenvalue weighted by molar-refractivity contribution is 5.93. The third kappa shape index (κ3) is 3.13. The highest BCUT2D eigenvalue weighted by atomic mass is 16.7. The number of carboxylic acids is 1. The molecular formula is C16H22O10. The topological polar surface area (TPSA) is 163 Å². The second-order valence-corrected chi connectivity index (χ2v) is 6.80. The van der Waals surface area contributed by atoms with Crippen LogP contribution in [0, 0.1) is 11.8 Å². The average molecular weight is 374 g/mol. The van der Waals surface area contributed by atoms with Crippen molar-refractivity contribution in [2.75, 3.05) is 13.2 Å². The largest absolute Gasteiger partial charge is 0.481 e. The van der Waals surface area contributed by atoms with E-state index in [0.717, 1.165) is 0 Å². The summed E-state index contributed by atoms with van der Waals surface area (Å²) in [6, 6.07) is 0. The maximum Gasteiger partial charge on any atom is 0.334 e. The lowest BCUT2D eigenvalue weighted by atomic mass is 9.85. The predicted octanol–water partition coefficient (Wildman–Crippen LogP) is -2.23. The molecule has 2 heterocycles. The van der Waals surface area contributed by atoms with Crippen molar-refractivity contribution < 1.29 is 49.3 Å². The number of carbonyl (C=O) groups excluding carboxylic acids is 1. The summed E-state index contributed by atoms with van der Waals surface area (Å²) in [5.74, 6) is -3.14. The zero-order valence-corrected chi connectivity index (χ0v) is 14.0. The molecule has 0 radical (unpaired) electrons. The molecule has 10 nitrogen and oxygen atoms in total. The zero-order valence-electron chi connectivity index (χ0n) is 14.0. The van der Waals surface area contributed by atoms with Crippen molar-refractivity contribution in [1.29, 1.82) is 0 Å². The molecule has 3 rings (SSSR count). The Morgan fingerprint density at radius 2 is 1.92 bits per heavy atom. The second-order valence-electron chi connectivity index (χ2n) is 6.80. The minimum atomic E-state index is -1.58. The van der Waals surface area contributed by atoms with Crippen molar-refractivity contribution >= 4 is 11.9 Å². The molecule has 0 aromatic carbocycles. The summed E-state index contributed by atoms with van der Waals surface area (Å²) in [6.45, 7) is 0.795. The van der Waals surface area contributed by atoms with Crippen LogP contribution >= 0.6 is 0 Å². The fourth-order valence-corrected chi connectivity index (χ4v) is 3.77. The van der Waals surface area contributed by atoms with E-state index in [2.05, 4.69) is 0 Å². The van der Waals surface area contributed by atoms with Crippen LogP contribution in [-0.2, 0) is 23.8 Å². The van der Waals surface area contributed by atoms with Gasteiger partial charge in [-0.1, -0.05) is 0 Å². The van der Waals surface area contributed by atoms with E-state index in [1.807, 2.05) is 0 Å². The number of aliphatic hydroxyl groups excluding tert-OH is 4. The van der Waals surface area contributed by atoms with Gasteiger partial charge in [0.15, 0.2) is 6.29 Å². The summed E-state index contributed by atoms with van der Waals surface area (Å²) in [6.07, 6.45) is -7.69. The quantitative estimate of drug-likeness (QED) is 0.340. The Kier molecular flexibility index (Phi) is 5.33. The number of carbonyl (C=O) groups is 2. The fourth-order valence-electron chi connectivity index (χ4n) is 3.77. The monoisotopic (exact) mass is 374 g/mol. The van der Waals surface area contributed by atoms with Gasteiger partial charge in [-0.3, -0.25) is 4.79 Å². The van der Waals surface area contributed by atoms with E-state index in [0.29, 0.717) is 5.57 Å². The molecule has 8 atom stereocenters. The SMILES string of the molecule is CC1=C2C(=O)OCC(C(=O)O)C2CC1OC1OC(CO)C(O)C(O)C1O. The lowest BCUT2D eigenvalue weighted by molar-refractivity contribution is -0.308. The molecular weight excluding hydrogens is 352 g/mol. The molecule has 0 aromatic rings. The number of hydrogen-bond acceptors (Lipinski definition) is 9. The summed E-state index contributed by atoms with van der Waals surface area (Å²) in [4.78, 5) is 23.4. The van der Waals surface area contributed by atoms with Crippen molar-refractivity contribution in [3.63, 3.8) is 0 Å². The first-order valence-corrected chi connectivity index (χ1v) is 8.32. The third-order valence-corrected chi connectivity index (χ3v) is 5.31. The molecule has 10 heteroatoms. The van der Waals surface area contributed by atoms with Gasteiger partial charge >= 0.3 is 11.9 Å².